The van der Waals surface area contributed by atoms with Gasteiger partial charge in [0.25, 0.3) is 5.91 Å². The second-order valence-electron chi connectivity index (χ2n) is 8.22. The summed E-state index contributed by atoms with van der Waals surface area (Å²) in [6.45, 7) is 4.87. The van der Waals surface area contributed by atoms with Crippen LogP contribution in [0.5, 0.6) is 5.75 Å². The van der Waals surface area contributed by atoms with Crippen LogP contribution in [-0.4, -0.2) is 62.0 Å². The number of alkyl halides is 3. The Balaban J connectivity index is 1.80. The highest BCUT2D eigenvalue weighted by atomic mass is 19.4. The van der Waals surface area contributed by atoms with Crippen molar-refractivity contribution in [3.05, 3.63) is 53.1 Å². The number of piperazine rings is 1. The van der Waals surface area contributed by atoms with Gasteiger partial charge in [-0.05, 0) is 42.9 Å². The predicted molar refractivity (Wildman–Crippen MR) is 124 cm³/mol. The van der Waals surface area contributed by atoms with Crippen LogP contribution in [0.1, 0.15) is 34.8 Å². The van der Waals surface area contributed by atoms with Crippen LogP contribution in [0.25, 0.3) is 0 Å². The van der Waals surface area contributed by atoms with Crippen molar-refractivity contribution in [3.8, 4) is 5.75 Å². The van der Waals surface area contributed by atoms with E-state index in [0.717, 1.165) is 19.2 Å². The molecule has 0 aliphatic carbocycles. The number of hydrogen-bond acceptors (Lipinski definition) is 5. The summed E-state index contributed by atoms with van der Waals surface area (Å²) in [5.74, 6) is -0.498. The summed E-state index contributed by atoms with van der Waals surface area (Å²) < 4.78 is 46.6. The summed E-state index contributed by atoms with van der Waals surface area (Å²) in [6.07, 6.45) is -4.32. The number of nitrogens with zero attached hydrogens (tertiary/aromatic N) is 2. The van der Waals surface area contributed by atoms with Gasteiger partial charge in [-0.1, -0.05) is 13.0 Å². The van der Waals surface area contributed by atoms with Gasteiger partial charge in [-0.2, -0.15) is 13.2 Å². The van der Waals surface area contributed by atoms with Crippen molar-refractivity contribution in [2.24, 2.45) is 0 Å². The minimum Gasteiger partial charge on any atom is -0.495 e. The number of carbonyl (C=O) groups is 2. The zero-order chi connectivity index (χ0) is 24.9. The van der Waals surface area contributed by atoms with Crippen molar-refractivity contribution in [1.29, 1.82) is 0 Å². The Morgan fingerprint density at radius 2 is 1.74 bits per heavy atom. The number of rotatable bonds is 7. The van der Waals surface area contributed by atoms with Crippen LogP contribution < -0.4 is 15.4 Å². The fourth-order valence-electron chi connectivity index (χ4n) is 3.69. The number of halogens is 3. The van der Waals surface area contributed by atoms with E-state index in [1.54, 1.807) is 6.92 Å². The Kier molecular flexibility index (Phi) is 8.16. The number of likely N-dealkylation sites (N-methyl/N-ethyl adjacent to an activating group) is 1. The van der Waals surface area contributed by atoms with Crippen LogP contribution in [0, 0.1) is 0 Å². The molecule has 2 aromatic carbocycles. The molecule has 0 atom stereocenters. The fraction of sp³-hybridized carbons (Fsp3) is 0.417. The van der Waals surface area contributed by atoms with Gasteiger partial charge in [-0.15, -0.1) is 0 Å². The predicted octanol–water partition coefficient (Wildman–Crippen LogP) is 4.06. The number of carbonyl (C=O) groups excluding carboxylic acids is 2. The third kappa shape index (κ3) is 6.48. The second kappa shape index (κ2) is 10.9. The number of amides is 2. The fourth-order valence-corrected chi connectivity index (χ4v) is 3.69. The number of anilines is 2. The van der Waals surface area contributed by atoms with Crippen molar-refractivity contribution in [1.82, 2.24) is 9.80 Å². The Labute approximate surface area is 196 Å². The van der Waals surface area contributed by atoms with E-state index in [1.165, 1.54) is 37.4 Å². The zero-order valence-electron chi connectivity index (χ0n) is 19.5. The molecule has 1 fully saturated rings. The van der Waals surface area contributed by atoms with E-state index >= 15 is 0 Å². The van der Waals surface area contributed by atoms with E-state index in [1.807, 2.05) is 11.9 Å². The molecule has 7 nitrogen and oxygen atoms in total. The quantitative estimate of drug-likeness (QED) is 0.628. The average Bonchev–Trinajstić information content (AvgIpc) is 2.80. The van der Waals surface area contributed by atoms with Crippen molar-refractivity contribution in [2.75, 3.05) is 51.0 Å². The molecule has 2 N–H and O–H groups in total. The summed E-state index contributed by atoms with van der Waals surface area (Å²) in [6, 6.07) is 8.27. The molecular formula is C24H29F3N4O3. The lowest BCUT2D eigenvalue weighted by atomic mass is 10.0. The van der Waals surface area contributed by atoms with E-state index in [2.05, 4.69) is 15.5 Å². The van der Waals surface area contributed by atoms with Crippen molar-refractivity contribution in [2.45, 2.75) is 26.1 Å². The van der Waals surface area contributed by atoms with Crippen LogP contribution >= 0.6 is 0 Å². The van der Waals surface area contributed by atoms with Gasteiger partial charge in [0.15, 0.2) is 0 Å². The topological polar surface area (TPSA) is 73.9 Å². The highest BCUT2D eigenvalue weighted by Crippen LogP contribution is 2.35. The van der Waals surface area contributed by atoms with Crippen LogP contribution in [-0.2, 0) is 17.5 Å². The third-order valence-corrected chi connectivity index (χ3v) is 5.72. The Bertz CT molecular complexity index is 1030. The summed E-state index contributed by atoms with van der Waals surface area (Å²) in [5.41, 5.74) is -0.0869. The zero-order valence-corrected chi connectivity index (χ0v) is 19.5. The number of hydrogen-bond donors (Lipinski definition) is 2. The molecule has 1 saturated heterocycles. The van der Waals surface area contributed by atoms with E-state index in [-0.39, 0.29) is 35.7 Å². The molecule has 0 saturated carbocycles. The first-order valence-corrected chi connectivity index (χ1v) is 11.0. The molecule has 3 rings (SSSR count). The SMILES string of the molecule is CCC(=O)Nc1cc(C(=O)Nc2ccc(CN3CCN(C)CC3)c(C(F)(F)F)c2)ccc1OC. The number of benzene rings is 2. The smallest absolute Gasteiger partial charge is 0.416 e. The van der Waals surface area contributed by atoms with Crippen LogP contribution in [0.4, 0.5) is 24.5 Å². The normalized spacial score (nSPS) is 15.1. The van der Waals surface area contributed by atoms with Crippen molar-refractivity contribution in [3.63, 3.8) is 0 Å². The molecule has 10 heteroatoms. The Morgan fingerprint density at radius 3 is 2.35 bits per heavy atom. The maximum Gasteiger partial charge on any atom is 0.416 e. The largest absolute Gasteiger partial charge is 0.495 e. The molecule has 0 spiro atoms. The summed E-state index contributed by atoms with van der Waals surface area (Å²) in [4.78, 5) is 28.6. The molecule has 184 valence electrons. The molecule has 0 unspecified atom stereocenters. The summed E-state index contributed by atoms with van der Waals surface area (Å²) >= 11 is 0. The molecular weight excluding hydrogens is 449 g/mol. The molecule has 1 aliphatic heterocycles. The standard InChI is InChI=1S/C24H29F3N4O3/c1-4-22(32)29-20-13-16(6-8-21(20)34-3)23(33)28-18-7-5-17(19(14-18)24(25,26)27)15-31-11-9-30(2)10-12-31/h5-8,13-14H,4,9-12,15H2,1-3H3,(H,28,33)(H,29,32). The summed E-state index contributed by atoms with van der Waals surface area (Å²) in [5, 5.41) is 5.17. The lowest BCUT2D eigenvalue weighted by Crippen LogP contribution is -2.44. The van der Waals surface area contributed by atoms with E-state index in [0.29, 0.717) is 24.5 Å². The molecule has 2 amide bonds. The molecule has 0 aromatic heterocycles. The Morgan fingerprint density at radius 1 is 1.03 bits per heavy atom. The number of ether oxygens (including phenoxy) is 1. The molecule has 0 radical (unpaired) electrons. The van der Waals surface area contributed by atoms with Crippen molar-refractivity contribution >= 4 is 23.2 Å². The highest BCUT2D eigenvalue weighted by Gasteiger charge is 2.34. The van der Waals surface area contributed by atoms with Gasteiger partial charge >= 0.3 is 6.18 Å². The second-order valence-corrected chi connectivity index (χ2v) is 8.22. The molecule has 2 aromatic rings. The number of methoxy groups -OCH3 is 1. The van der Waals surface area contributed by atoms with Gasteiger partial charge in [0, 0.05) is 50.4 Å². The molecule has 1 aliphatic rings. The first kappa shape index (κ1) is 25.5. The lowest BCUT2D eigenvalue weighted by molar-refractivity contribution is -0.138. The van der Waals surface area contributed by atoms with E-state index < -0.39 is 17.6 Å². The highest BCUT2D eigenvalue weighted by molar-refractivity contribution is 6.05. The minimum absolute atomic E-state index is 0.0365. The van der Waals surface area contributed by atoms with Crippen molar-refractivity contribution < 1.29 is 27.5 Å². The van der Waals surface area contributed by atoms with E-state index in [4.69, 9.17) is 4.74 Å². The van der Waals surface area contributed by atoms with E-state index in [9.17, 15) is 22.8 Å². The van der Waals surface area contributed by atoms with Gasteiger partial charge in [-0.25, -0.2) is 0 Å². The lowest BCUT2D eigenvalue weighted by Gasteiger charge is -2.33. The van der Waals surface area contributed by atoms with Crippen LogP contribution in [0.15, 0.2) is 36.4 Å². The monoisotopic (exact) mass is 478 g/mol. The average molecular weight is 479 g/mol. The number of nitrogens with one attached hydrogen (secondary N) is 2. The minimum atomic E-state index is -4.56. The van der Waals surface area contributed by atoms with Crippen LogP contribution in [0.3, 0.4) is 0 Å². The van der Waals surface area contributed by atoms with Gasteiger partial charge in [0.2, 0.25) is 5.91 Å². The summed E-state index contributed by atoms with van der Waals surface area (Å²) in [7, 11) is 3.42. The van der Waals surface area contributed by atoms with Gasteiger partial charge in [0.05, 0.1) is 18.4 Å². The Hall–Kier alpha value is -3.11. The maximum absolute atomic E-state index is 13.8. The third-order valence-electron chi connectivity index (χ3n) is 5.72. The maximum atomic E-state index is 13.8. The first-order valence-electron chi connectivity index (χ1n) is 11.0. The molecule has 1 heterocycles. The van der Waals surface area contributed by atoms with Gasteiger partial charge in [-0.3, -0.25) is 14.5 Å². The molecule has 34 heavy (non-hydrogen) atoms. The molecule has 0 bridgehead atoms. The van der Waals surface area contributed by atoms with Crippen LogP contribution in [0.2, 0.25) is 0 Å². The van der Waals surface area contributed by atoms with Gasteiger partial charge in [0.1, 0.15) is 5.75 Å². The van der Waals surface area contributed by atoms with Gasteiger partial charge < -0.3 is 20.3 Å². The first-order chi connectivity index (χ1) is 16.1.